The molecule has 2 aliphatic rings. The minimum atomic E-state index is -3.72. The second-order valence-electron chi connectivity index (χ2n) is 11.9. The third-order valence-corrected chi connectivity index (χ3v) is 9.86. The number of sulfonamides is 1. The van der Waals surface area contributed by atoms with Gasteiger partial charge in [0.1, 0.15) is 11.1 Å². The summed E-state index contributed by atoms with van der Waals surface area (Å²) in [5.41, 5.74) is -0.638. The van der Waals surface area contributed by atoms with Crippen molar-refractivity contribution in [3.63, 3.8) is 0 Å². The van der Waals surface area contributed by atoms with Crippen molar-refractivity contribution >= 4 is 33.5 Å². The fraction of sp³-hybridized carbons (Fsp3) is 0.808. The summed E-state index contributed by atoms with van der Waals surface area (Å²) >= 11 is 1.48. The van der Waals surface area contributed by atoms with Gasteiger partial charge in [-0.2, -0.15) is 0 Å². The van der Waals surface area contributed by atoms with E-state index in [0.29, 0.717) is 25.9 Å². The van der Waals surface area contributed by atoms with Crippen LogP contribution in [-0.4, -0.2) is 67.3 Å². The molecule has 5 atom stereocenters. The maximum absolute atomic E-state index is 13.6. The SMILES string of the molecule is CC(C)OC(=O)NC1CCC(c2cnc([C@H]3CC[C@H](NC(=O)OC(C)C)CO3)s2)C(S(=O)(=O)NC(C)(C)C)C1. The molecule has 3 N–H and O–H groups in total. The molecule has 39 heavy (non-hydrogen) atoms. The van der Waals surface area contributed by atoms with Gasteiger partial charge in [0.15, 0.2) is 0 Å². The average molecular weight is 589 g/mol. The summed E-state index contributed by atoms with van der Waals surface area (Å²) < 4.78 is 46.3. The van der Waals surface area contributed by atoms with Crippen LogP contribution in [0.2, 0.25) is 0 Å². The molecule has 0 spiro atoms. The number of hydrogen-bond acceptors (Lipinski definition) is 9. The minimum absolute atomic E-state index is 0.130. The number of nitrogens with one attached hydrogen (secondary N) is 3. The fourth-order valence-corrected chi connectivity index (χ4v) is 8.44. The van der Waals surface area contributed by atoms with Crippen molar-refractivity contribution in [1.82, 2.24) is 20.3 Å². The van der Waals surface area contributed by atoms with Crippen LogP contribution < -0.4 is 15.4 Å². The molecule has 13 heteroatoms. The molecule has 11 nitrogen and oxygen atoms in total. The number of thiazole rings is 1. The van der Waals surface area contributed by atoms with Crippen LogP contribution in [-0.2, 0) is 24.2 Å². The lowest BCUT2D eigenvalue weighted by Crippen LogP contribution is -2.51. The number of nitrogens with zero attached hydrogens (tertiary/aromatic N) is 1. The Balaban J connectivity index is 1.70. The molecule has 0 radical (unpaired) electrons. The van der Waals surface area contributed by atoms with Gasteiger partial charge in [0.25, 0.3) is 0 Å². The highest BCUT2D eigenvalue weighted by Crippen LogP contribution is 2.42. The van der Waals surface area contributed by atoms with Crippen LogP contribution in [0.1, 0.15) is 102 Å². The number of carbonyl (C=O) groups is 2. The number of carbonyl (C=O) groups excluding carboxylic acids is 2. The summed E-state index contributed by atoms with van der Waals surface area (Å²) in [6.07, 6.45) is 3.00. The predicted octanol–water partition coefficient (Wildman–Crippen LogP) is 4.36. The van der Waals surface area contributed by atoms with Crippen LogP contribution in [0.3, 0.4) is 0 Å². The molecule has 0 bridgehead atoms. The zero-order valence-electron chi connectivity index (χ0n) is 24.0. The summed E-state index contributed by atoms with van der Waals surface area (Å²) in [4.78, 5) is 29.6. The third-order valence-electron chi connectivity index (χ3n) is 6.43. The van der Waals surface area contributed by atoms with Gasteiger partial charge < -0.3 is 24.8 Å². The molecule has 3 rings (SSSR count). The van der Waals surface area contributed by atoms with Gasteiger partial charge in [-0.15, -0.1) is 11.3 Å². The molecule has 1 saturated heterocycles. The van der Waals surface area contributed by atoms with Crippen molar-refractivity contribution in [2.75, 3.05) is 6.61 Å². The van der Waals surface area contributed by atoms with Crippen LogP contribution >= 0.6 is 11.3 Å². The summed E-state index contributed by atoms with van der Waals surface area (Å²) in [6, 6.07) is -0.440. The second-order valence-corrected chi connectivity index (χ2v) is 14.9. The molecule has 1 aromatic heterocycles. The summed E-state index contributed by atoms with van der Waals surface area (Å²) in [5, 5.41) is 5.74. The Labute approximate surface area is 236 Å². The first kappa shape index (κ1) is 31.6. The van der Waals surface area contributed by atoms with E-state index in [1.54, 1.807) is 33.9 Å². The van der Waals surface area contributed by atoms with E-state index in [0.717, 1.165) is 16.3 Å². The molecule has 1 aromatic rings. The van der Waals surface area contributed by atoms with E-state index in [4.69, 9.17) is 14.2 Å². The van der Waals surface area contributed by atoms with Crippen LogP contribution in [0.5, 0.6) is 0 Å². The third kappa shape index (κ3) is 9.58. The second kappa shape index (κ2) is 13.1. The molecular weight excluding hydrogens is 544 g/mol. The molecule has 3 unspecified atom stereocenters. The minimum Gasteiger partial charge on any atom is -0.447 e. The standard InChI is InChI=1S/C26H44N4O7S2/c1-15(2)36-24(31)28-17-8-10-19(22(12-17)39(33,34)30-26(5,6)7)21-13-27-23(38-21)20-11-9-18(14-35-20)29-25(32)37-16(3)4/h13,15-20,22,30H,8-12,14H2,1-7H3,(H,28,31)(H,29,32)/t17?,18-,19?,20+,22?/m0/s1. The summed E-state index contributed by atoms with van der Waals surface area (Å²) in [7, 11) is -3.72. The number of rotatable bonds is 8. The van der Waals surface area contributed by atoms with Gasteiger partial charge in [0.2, 0.25) is 10.0 Å². The lowest BCUT2D eigenvalue weighted by molar-refractivity contribution is -0.00533. The lowest BCUT2D eigenvalue weighted by atomic mass is 9.85. The molecule has 2 amide bonds. The van der Waals surface area contributed by atoms with E-state index in [1.165, 1.54) is 11.3 Å². The fourth-order valence-electron chi connectivity index (χ4n) is 4.94. The van der Waals surface area contributed by atoms with Gasteiger partial charge in [0, 0.05) is 28.6 Å². The average Bonchev–Trinajstić information content (AvgIpc) is 3.27. The predicted molar refractivity (Wildman–Crippen MR) is 149 cm³/mol. The Morgan fingerprint density at radius 3 is 2.13 bits per heavy atom. The number of ether oxygens (including phenoxy) is 3. The molecular formula is C26H44N4O7S2. The quantitative estimate of drug-likeness (QED) is 0.406. The van der Waals surface area contributed by atoms with Crippen LogP contribution in [0, 0.1) is 0 Å². The zero-order valence-corrected chi connectivity index (χ0v) is 25.6. The Morgan fingerprint density at radius 2 is 1.59 bits per heavy atom. The largest absolute Gasteiger partial charge is 0.447 e. The van der Waals surface area contributed by atoms with E-state index in [-0.39, 0.29) is 42.7 Å². The van der Waals surface area contributed by atoms with Crippen LogP contribution in [0.15, 0.2) is 6.20 Å². The van der Waals surface area contributed by atoms with Crippen LogP contribution in [0.25, 0.3) is 0 Å². The van der Waals surface area contributed by atoms with Gasteiger partial charge in [-0.1, -0.05) is 0 Å². The molecule has 1 aliphatic carbocycles. The number of aromatic nitrogens is 1. The molecule has 2 heterocycles. The van der Waals surface area contributed by atoms with Gasteiger partial charge >= 0.3 is 12.2 Å². The number of hydrogen-bond donors (Lipinski definition) is 3. The topological polar surface area (TPSA) is 145 Å². The van der Waals surface area contributed by atoms with Crippen molar-refractivity contribution in [2.24, 2.45) is 0 Å². The van der Waals surface area contributed by atoms with Gasteiger partial charge in [-0.3, -0.25) is 0 Å². The lowest BCUT2D eigenvalue weighted by Gasteiger charge is -2.37. The Hall–Kier alpha value is -1.96. The van der Waals surface area contributed by atoms with Gasteiger partial charge in [0.05, 0.1) is 30.1 Å². The van der Waals surface area contributed by atoms with E-state index in [1.807, 2.05) is 20.8 Å². The van der Waals surface area contributed by atoms with Crippen molar-refractivity contribution in [1.29, 1.82) is 0 Å². The van der Waals surface area contributed by atoms with E-state index in [9.17, 15) is 18.0 Å². The normalized spacial score (nSPS) is 26.3. The maximum atomic E-state index is 13.6. The smallest absolute Gasteiger partial charge is 0.407 e. The zero-order chi connectivity index (χ0) is 29.0. The summed E-state index contributed by atoms with van der Waals surface area (Å²) in [6.45, 7) is 12.9. The van der Waals surface area contributed by atoms with Gasteiger partial charge in [-0.25, -0.2) is 27.7 Å². The molecule has 0 aromatic carbocycles. The Bertz CT molecular complexity index is 1080. The summed E-state index contributed by atoms with van der Waals surface area (Å²) in [5.74, 6) is -0.265. The molecule has 222 valence electrons. The molecule has 1 saturated carbocycles. The number of alkyl carbamates (subject to hydrolysis) is 2. The Kier molecular flexibility index (Phi) is 10.6. The van der Waals surface area contributed by atoms with Gasteiger partial charge in [-0.05, 0) is 80.6 Å². The first-order valence-electron chi connectivity index (χ1n) is 13.7. The van der Waals surface area contributed by atoms with E-state index >= 15 is 0 Å². The van der Waals surface area contributed by atoms with Crippen molar-refractivity contribution in [3.8, 4) is 0 Å². The van der Waals surface area contributed by atoms with E-state index in [2.05, 4.69) is 20.3 Å². The first-order chi connectivity index (χ1) is 18.1. The van der Waals surface area contributed by atoms with Crippen LogP contribution in [0.4, 0.5) is 9.59 Å². The molecule has 2 fully saturated rings. The maximum Gasteiger partial charge on any atom is 0.407 e. The molecule has 1 aliphatic heterocycles. The van der Waals surface area contributed by atoms with Crippen molar-refractivity contribution in [2.45, 2.75) is 128 Å². The van der Waals surface area contributed by atoms with Crippen molar-refractivity contribution < 1.29 is 32.2 Å². The van der Waals surface area contributed by atoms with E-state index < -0.39 is 33.0 Å². The number of amides is 2. The van der Waals surface area contributed by atoms with Crippen molar-refractivity contribution in [3.05, 3.63) is 16.1 Å². The highest BCUT2D eigenvalue weighted by atomic mass is 32.2. The monoisotopic (exact) mass is 588 g/mol. The Morgan fingerprint density at radius 1 is 1.00 bits per heavy atom. The highest BCUT2D eigenvalue weighted by molar-refractivity contribution is 7.90. The first-order valence-corrected chi connectivity index (χ1v) is 16.0. The highest BCUT2D eigenvalue weighted by Gasteiger charge is 2.43.